The van der Waals surface area contributed by atoms with Gasteiger partial charge in [0, 0.05) is 18.5 Å². The van der Waals surface area contributed by atoms with Crippen LogP contribution in [-0.4, -0.2) is 57.6 Å². The number of nitrogens with zero attached hydrogens (tertiary/aromatic N) is 3. The van der Waals surface area contributed by atoms with Gasteiger partial charge in [-0.1, -0.05) is 0 Å². The molecule has 1 aromatic heterocycles. The van der Waals surface area contributed by atoms with Crippen LogP contribution < -0.4 is 4.90 Å². The molecule has 2 aromatic rings. The molecule has 0 aliphatic rings. The predicted octanol–water partition coefficient (Wildman–Crippen LogP) is 0.119. The van der Waals surface area contributed by atoms with Gasteiger partial charge in [0.25, 0.3) is 0 Å². The van der Waals surface area contributed by atoms with Crippen LogP contribution in [0, 0.1) is 0 Å². The minimum Gasteiger partial charge on any atom is -0.478 e. The van der Waals surface area contributed by atoms with Gasteiger partial charge in [-0.3, -0.25) is 0 Å². The van der Waals surface area contributed by atoms with E-state index in [1.807, 2.05) is 0 Å². The lowest BCUT2D eigenvalue weighted by molar-refractivity contribution is 0.0697. The highest BCUT2D eigenvalue weighted by Crippen LogP contribution is 2.23. The van der Waals surface area contributed by atoms with Crippen LogP contribution in [0.25, 0.3) is 10.9 Å². The van der Waals surface area contributed by atoms with Crippen molar-refractivity contribution in [1.82, 2.24) is 9.97 Å². The second kappa shape index (κ2) is 6.27. The Morgan fingerprint density at radius 3 is 2.45 bits per heavy atom. The van der Waals surface area contributed by atoms with Gasteiger partial charge in [0.15, 0.2) is 0 Å². The summed E-state index contributed by atoms with van der Waals surface area (Å²) < 4.78 is 0. The SMILES string of the molecule is O=C(O)c1ccc2c(N(CCO)CCO)ncnc2c1. The molecule has 0 amide bonds. The Labute approximate surface area is 115 Å². The van der Waals surface area contributed by atoms with Crippen molar-refractivity contribution in [2.75, 3.05) is 31.2 Å². The van der Waals surface area contributed by atoms with Crippen molar-refractivity contribution in [2.24, 2.45) is 0 Å². The lowest BCUT2D eigenvalue weighted by Crippen LogP contribution is -2.30. The Kier molecular flexibility index (Phi) is 4.44. The molecule has 0 saturated carbocycles. The van der Waals surface area contributed by atoms with E-state index in [1.54, 1.807) is 11.0 Å². The molecule has 0 bridgehead atoms. The van der Waals surface area contributed by atoms with Crippen molar-refractivity contribution in [3.8, 4) is 0 Å². The summed E-state index contributed by atoms with van der Waals surface area (Å²) in [5.74, 6) is -0.454. The van der Waals surface area contributed by atoms with Gasteiger partial charge in [-0.05, 0) is 18.2 Å². The lowest BCUT2D eigenvalue weighted by atomic mass is 10.1. The van der Waals surface area contributed by atoms with E-state index in [0.717, 1.165) is 0 Å². The maximum absolute atomic E-state index is 10.9. The average Bonchev–Trinajstić information content (AvgIpc) is 2.45. The topological polar surface area (TPSA) is 107 Å². The maximum Gasteiger partial charge on any atom is 0.335 e. The Hall–Kier alpha value is -2.25. The van der Waals surface area contributed by atoms with Gasteiger partial charge in [-0.2, -0.15) is 0 Å². The first-order valence-corrected chi connectivity index (χ1v) is 6.12. The summed E-state index contributed by atoms with van der Waals surface area (Å²) >= 11 is 0. The van der Waals surface area contributed by atoms with Crippen molar-refractivity contribution >= 4 is 22.7 Å². The predicted molar refractivity (Wildman–Crippen MR) is 72.9 cm³/mol. The molecule has 7 heteroatoms. The Morgan fingerprint density at radius 1 is 1.15 bits per heavy atom. The molecule has 2 rings (SSSR count). The van der Waals surface area contributed by atoms with Gasteiger partial charge >= 0.3 is 5.97 Å². The smallest absolute Gasteiger partial charge is 0.335 e. The van der Waals surface area contributed by atoms with Gasteiger partial charge in [-0.15, -0.1) is 0 Å². The number of carbonyl (C=O) groups is 1. The first kappa shape index (κ1) is 14.2. The van der Waals surface area contributed by atoms with Gasteiger partial charge in [0.2, 0.25) is 0 Å². The molecule has 1 aromatic carbocycles. The van der Waals surface area contributed by atoms with E-state index in [2.05, 4.69) is 9.97 Å². The van der Waals surface area contributed by atoms with Gasteiger partial charge in [-0.25, -0.2) is 14.8 Å². The number of aliphatic hydroxyl groups excluding tert-OH is 2. The van der Waals surface area contributed by atoms with Crippen LogP contribution in [0.15, 0.2) is 24.5 Å². The van der Waals surface area contributed by atoms with Gasteiger partial charge in [0.1, 0.15) is 12.1 Å². The van der Waals surface area contributed by atoms with Crippen LogP contribution in [0.5, 0.6) is 0 Å². The summed E-state index contributed by atoms with van der Waals surface area (Å²) in [6.45, 7) is 0.512. The van der Waals surface area contributed by atoms with E-state index in [-0.39, 0.29) is 18.8 Å². The average molecular weight is 277 g/mol. The fourth-order valence-corrected chi connectivity index (χ4v) is 1.99. The summed E-state index contributed by atoms with van der Waals surface area (Å²) in [6.07, 6.45) is 1.34. The third-order valence-corrected chi connectivity index (χ3v) is 2.90. The summed E-state index contributed by atoms with van der Waals surface area (Å²) in [4.78, 5) is 20.9. The van der Waals surface area contributed by atoms with Gasteiger partial charge < -0.3 is 20.2 Å². The molecular weight excluding hydrogens is 262 g/mol. The van der Waals surface area contributed by atoms with Crippen LogP contribution in [0.2, 0.25) is 0 Å². The van der Waals surface area contributed by atoms with E-state index in [4.69, 9.17) is 15.3 Å². The summed E-state index contributed by atoms with van der Waals surface area (Å²) in [5, 5.41) is 27.8. The first-order chi connectivity index (χ1) is 9.67. The Bertz CT molecular complexity index is 612. The van der Waals surface area contributed by atoms with Crippen molar-refractivity contribution in [1.29, 1.82) is 0 Å². The summed E-state index contributed by atoms with van der Waals surface area (Å²) in [7, 11) is 0. The number of carboxylic acids is 1. The van der Waals surface area contributed by atoms with Crippen molar-refractivity contribution in [3.63, 3.8) is 0 Å². The molecular formula is C13H15N3O4. The zero-order valence-electron chi connectivity index (χ0n) is 10.7. The standard InChI is InChI=1S/C13H15N3O4/c17-5-3-16(4-6-18)12-10-2-1-9(13(19)20)7-11(10)14-8-15-12/h1-2,7-8,17-18H,3-6H2,(H,19,20). The Balaban J connectivity index is 2.50. The number of hydrogen-bond donors (Lipinski definition) is 3. The third kappa shape index (κ3) is 2.84. The number of benzene rings is 1. The number of aromatic nitrogens is 2. The number of anilines is 1. The number of aromatic carboxylic acids is 1. The fourth-order valence-electron chi connectivity index (χ4n) is 1.99. The van der Waals surface area contributed by atoms with Crippen molar-refractivity contribution in [3.05, 3.63) is 30.1 Å². The van der Waals surface area contributed by atoms with Crippen molar-refractivity contribution in [2.45, 2.75) is 0 Å². The van der Waals surface area contributed by atoms with E-state index < -0.39 is 5.97 Å². The molecule has 7 nitrogen and oxygen atoms in total. The molecule has 3 N–H and O–H groups in total. The maximum atomic E-state index is 10.9. The molecule has 0 unspecified atom stereocenters. The Morgan fingerprint density at radius 2 is 1.85 bits per heavy atom. The van der Waals surface area contributed by atoms with Crippen LogP contribution >= 0.6 is 0 Å². The number of rotatable bonds is 6. The molecule has 0 radical (unpaired) electrons. The zero-order chi connectivity index (χ0) is 14.5. The molecule has 0 aliphatic carbocycles. The lowest BCUT2D eigenvalue weighted by Gasteiger charge is -2.22. The summed E-state index contributed by atoms with van der Waals surface area (Å²) in [5.41, 5.74) is 0.661. The molecule has 0 aliphatic heterocycles. The number of aliphatic hydroxyl groups is 2. The third-order valence-electron chi connectivity index (χ3n) is 2.90. The number of fused-ring (bicyclic) bond motifs is 1. The highest BCUT2D eigenvalue weighted by molar-refractivity contribution is 5.96. The second-order valence-corrected chi connectivity index (χ2v) is 4.17. The fraction of sp³-hybridized carbons (Fsp3) is 0.308. The molecule has 0 spiro atoms. The highest BCUT2D eigenvalue weighted by atomic mass is 16.4. The molecule has 20 heavy (non-hydrogen) atoms. The monoisotopic (exact) mass is 277 g/mol. The molecule has 0 saturated heterocycles. The molecule has 1 heterocycles. The molecule has 0 fully saturated rings. The first-order valence-electron chi connectivity index (χ1n) is 6.12. The molecule has 0 atom stereocenters. The second-order valence-electron chi connectivity index (χ2n) is 4.17. The van der Waals surface area contributed by atoms with Crippen LogP contribution in [0.3, 0.4) is 0 Å². The number of carboxylic acid groups (broad SMARTS) is 1. The highest BCUT2D eigenvalue weighted by Gasteiger charge is 2.13. The quantitative estimate of drug-likeness (QED) is 0.688. The molecule has 106 valence electrons. The van der Waals surface area contributed by atoms with E-state index in [0.29, 0.717) is 29.8 Å². The zero-order valence-corrected chi connectivity index (χ0v) is 10.7. The largest absolute Gasteiger partial charge is 0.478 e. The van der Waals surface area contributed by atoms with E-state index in [9.17, 15) is 4.79 Å². The minimum atomic E-state index is -1.02. The van der Waals surface area contributed by atoms with Gasteiger partial charge in [0.05, 0.1) is 24.3 Å². The van der Waals surface area contributed by atoms with Crippen LogP contribution in [0.1, 0.15) is 10.4 Å². The number of hydrogen-bond acceptors (Lipinski definition) is 6. The summed E-state index contributed by atoms with van der Waals surface area (Å²) in [6, 6.07) is 4.59. The minimum absolute atomic E-state index is 0.0707. The van der Waals surface area contributed by atoms with Crippen molar-refractivity contribution < 1.29 is 20.1 Å². The normalized spacial score (nSPS) is 10.7. The van der Waals surface area contributed by atoms with Crippen LogP contribution in [0.4, 0.5) is 5.82 Å². The van der Waals surface area contributed by atoms with Crippen LogP contribution in [-0.2, 0) is 0 Å². The van der Waals surface area contributed by atoms with E-state index in [1.165, 1.54) is 18.5 Å². The van der Waals surface area contributed by atoms with E-state index >= 15 is 0 Å².